The van der Waals surface area contributed by atoms with Gasteiger partial charge in [-0.05, 0) is 48.5 Å². The van der Waals surface area contributed by atoms with Crippen LogP contribution in [-0.2, 0) is 4.79 Å². The van der Waals surface area contributed by atoms with E-state index in [1.165, 1.54) is 16.7 Å². The lowest BCUT2D eigenvalue weighted by Gasteiger charge is -2.12. The van der Waals surface area contributed by atoms with Gasteiger partial charge in [0, 0.05) is 16.6 Å². The molecule has 2 aromatic carbocycles. The number of nitrogens with zero attached hydrogens (tertiary/aromatic N) is 1. The van der Waals surface area contributed by atoms with E-state index in [0.717, 1.165) is 21.5 Å². The normalized spacial score (nSPS) is 14.9. The van der Waals surface area contributed by atoms with Crippen LogP contribution in [0.1, 0.15) is 5.56 Å². The first kappa shape index (κ1) is 22.4. The summed E-state index contributed by atoms with van der Waals surface area (Å²) in [6.07, 6.45) is 3.46. The van der Waals surface area contributed by atoms with Crippen LogP contribution in [0.4, 0.5) is 0 Å². The summed E-state index contributed by atoms with van der Waals surface area (Å²) in [5.41, 5.74) is 0.785. The number of rotatable bonds is 9. The molecule has 0 N–H and O–H groups in total. The number of carbonyl (C=O) groups is 1. The summed E-state index contributed by atoms with van der Waals surface area (Å²) < 4.78 is 18.2. The van der Waals surface area contributed by atoms with Crippen molar-refractivity contribution in [2.24, 2.45) is 0 Å². The van der Waals surface area contributed by atoms with Crippen molar-refractivity contribution in [3.05, 3.63) is 70.1 Å². The summed E-state index contributed by atoms with van der Waals surface area (Å²) in [7, 11) is 1.62. The first-order valence-electron chi connectivity index (χ1n) is 9.07. The quantitative estimate of drug-likeness (QED) is 0.199. The SMILES string of the molecule is C=CCN1C(=O)C(=Cc2cc(Br)ccc2OCCOc2ccc(OC)cc2)SC1=S. The molecule has 0 radical (unpaired) electrons. The molecule has 1 aliphatic heterocycles. The van der Waals surface area contributed by atoms with Gasteiger partial charge in [0.1, 0.15) is 34.8 Å². The first-order chi connectivity index (χ1) is 14.5. The summed E-state index contributed by atoms with van der Waals surface area (Å²) in [4.78, 5) is 14.7. The third-order valence-electron chi connectivity index (χ3n) is 4.11. The predicted octanol–water partition coefficient (Wildman–Crippen LogP) is 5.30. The van der Waals surface area contributed by atoms with Crippen LogP contribution in [0, 0.1) is 0 Å². The number of halogens is 1. The highest BCUT2D eigenvalue weighted by Gasteiger charge is 2.31. The minimum Gasteiger partial charge on any atom is -0.497 e. The maximum Gasteiger partial charge on any atom is 0.266 e. The second kappa shape index (κ2) is 10.7. The monoisotopic (exact) mass is 505 g/mol. The van der Waals surface area contributed by atoms with E-state index in [-0.39, 0.29) is 5.91 Å². The number of thioether (sulfide) groups is 1. The Kier molecular flexibility index (Phi) is 7.95. The van der Waals surface area contributed by atoms with Gasteiger partial charge in [0.15, 0.2) is 0 Å². The molecular weight excluding hydrogens is 486 g/mol. The van der Waals surface area contributed by atoms with Crippen molar-refractivity contribution in [1.82, 2.24) is 4.90 Å². The summed E-state index contributed by atoms with van der Waals surface area (Å²) in [5.74, 6) is 2.04. The zero-order valence-electron chi connectivity index (χ0n) is 16.3. The fourth-order valence-corrected chi connectivity index (χ4v) is 4.32. The Labute approximate surface area is 193 Å². The molecule has 1 saturated heterocycles. The standard InChI is InChI=1S/C22H20BrNO4S2/c1-3-10-24-21(25)20(30-22(24)29)14-15-13-16(23)4-9-19(15)28-12-11-27-18-7-5-17(26-2)6-8-18/h3-9,13-14H,1,10-12H2,2H3. The Morgan fingerprint density at radius 2 is 1.83 bits per heavy atom. The number of benzene rings is 2. The Morgan fingerprint density at radius 1 is 1.13 bits per heavy atom. The number of hydrogen-bond donors (Lipinski definition) is 0. The number of methoxy groups -OCH3 is 1. The Morgan fingerprint density at radius 3 is 2.53 bits per heavy atom. The van der Waals surface area contributed by atoms with Crippen molar-refractivity contribution < 1.29 is 19.0 Å². The molecule has 1 heterocycles. The van der Waals surface area contributed by atoms with Crippen molar-refractivity contribution >= 4 is 56.2 Å². The van der Waals surface area contributed by atoms with Gasteiger partial charge in [-0.3, -0.25) is 9.69 Å². The summed E-state index contributed by atoms with van der Waals surface area (Å²) >= 11 is 10.0. The highest BCUT2D eigenvalue weighted by Crippen LogP contribution is 2.35. The van der Waals surface area contributed by atoms with E-state index in [1.54, 1.807) is 19.3 Å². The van der Waals surface area contributed by atoms with E-state index < -0.39 is 0 Å². The average molecular weight is 506 g/mol. The van der Waals surface area contributed by atoms with Crippen molar-refractivity contribution in [2.75, 3.05) is 26.9 Å². The lowest BCUT2D eigenvalue weighted by atomic mass is 10.2. The molecule has 0 aromatic heterocycles. The van der Waals surface area contributed by atoms with Gasteiger partial charge in [0.2, 0.25) is 0 Å². The van der Waals surface area contributed by atoms with Crippen LogP contribution in [-0.4, -0.2) is 42.0 Å². The third-order valence-corrected chi connectivity index (χ3v) is 5.98. The number of ether oxygens (including phenoxy) is 3. The Bertz CT molecular complexity index is 976. The van der Waals surface area contributed by atoms with Crippen LogP contribution in [0.5, 0.6) is 17.2 Å². The fraction of sp³-hybridized carbons (Fsp3) is 0.182. The largest absolute Gasteiger partial charge is 0.497 e. The molecule has 8 heteroatoms. The van der Waals surface area contributed by atoms with Crippen molar-refractivity contribution in [3.8, 4) is 17.2 Å². The van der Waals surface area contributed by atoms with E-state index in [1.807, 2.05) is 42.5 Å². The zero-order valence-corrected chi connectivity index (χ0v) is 19.5. The second-order valence-electron chi connectivity index (χ2n) is 6.14. The van der Waals surface area contributed by atoms with E-state index in [0.29, 0.717) is 34.7 Å². The molecule has 1 fully saturated rings. The molecule has 30 heavy (non-hydrogen) atoms. The predicted molar refractivity (Wildman–Crippen MR) is 128 cm³/mol. The van der Waals surface area contributed by atoms with Gasteiger partial charge in [0.05, 0.1) is 12.0 Å². The number of amides is 1. The van der Waals surface area contributed by atoms with Gasteiger partial charge < -0.3 is 14.2 Å². The minimum absolute atomic E-state index is 0.126. The average Bonchev–Trinajstić information content (AvgIpc) is 3.00. The molecule has 0 aliphatic carbocycles. The van der Waals surface area contributed by atoms with Gasteiger partial charge in [-0.15, -0.1) is 6.58 Å². The third kappa shape index (κ3) is 5.65. The van der Waals surface area contributed by atoms with Crippen LogP contribution in [0.2, 0.25) is 0 Å². The molecule has 0 bridgehead atoms. The Balaban J connectivity index is 1.66. The first-order valence-corrected chi connectivity index (χ1v) is 11.1. The van der Waals surface area contributed by atoms with Gasteiger partial charge in [-0.2, -0.15) is 0 Å². The van der Waals surface area contributed by atoms with Gasteiger partial charge in [0.25, 0.3) is 5.91 Å². The molecule has 5 nitrogen and oxygen atoms in total. The van der Waals surface area contributed by atoms with Crippen LogP contribution >= 0.6 is 39.9 Å². The van der Waals surface area contributed by atoms with Crippen molar-refractivity contribution in [2.45, 2.75) is 0 Å². The summed E-state index contributed by atoms with van der Waals surface area (Å²) in [5, 5.41) is 0. The zero-order chi connectivity index (χ0) is 21.5. The van der Waals surface area contributed by atoms with Crippen molar-refractivity contribution in [3.63, 3.8) is 0 Å². The molecule has 1 amide bonds. The fourth-order valence-electron chi connectivity index (χ4n) is 2.67. The highest BCUT2D eigenvalue weighted by atomic mass is 79.9. The molecule has 0 atom stereocenters. The molecule has 0 saturated carbocycles. The van der Waals surface area contributed by atoms with Gasteiger partial charge in [-0.25, -0.2) is 0 Å². The maximum atomic E-state index is 12.6. The van der Waals surface area contributed by atoms with Crippen LogP contribution in [0.3, 0.4) is 0 Å². The molecule has 3 rings (SSSR count). The van der Waals surface area contributed by atoms with Gasteiger partial charge >= 0.3 is 0 Å². The maximum absolute atomic E-state index is 12.6. The lowest BCUT2D eigenvalue weighted by molar-refractivity contribution is -0.121. The lowest BCUT2D eigenvalue weighted by Crippen LogP contribution is -2.27. The van der Waals surface area contributed by atoms with E-state index in [2.05, 4.69) is 22.5 Å². The topological polar surface area (TPSA) is 48.0 Å². The van der Waals surface area contributed by atoms with E-state index in [9.17, 15) is 4.79 Å². The number of carbonyl (C=O) groups excluding carboxylic acids is 1. The van der Waals surface area contributed by atoms with Crippen LogP contribution in [0.25, 0.3) is 6.08 Å². The molecule has 156 valence electrons. The smallest absolute Gasteiger partial charge is 0.266 e. The van der Waals surface area contributed by atoms with Crippen LogP contribution < -0.4 is 14.2 Å². The highest BCUT2D eigenvalue weighted by molar-refractivity contribution is 9.10. The van der Waals surface area contributed by atoms with Crippen molar-refractivity contribution in [1.29, 1.82) is 0 Å². The van der Waals surface area contributed by atoms with Gasteiger partial charge in [-0.1, -0.05) is 46.0 Å². The summed E-state index contributed by atoms with van der Waals surface area (Å²) in [6.45, 7) is 4.80. The minimum atomic E-state index is -0.126. The molecule has 2 aromatic rings. The van der Waals surface area contributed by atoms with Crippen LogP contribution in [0.15, 0.2) is 64.5 Å². The molecule has 0 spiro atoms. The Hall–Kier alpha value is -2.29. The number of hydrogen-bond acceptors (Lipinski definition) is 6. The molecule has 1 aliphatic rings. The summed E-state index contributed by atoms with van der Waals surface area (Å²) in [6, 6.07) is 13.0. The second-order valence-corrected chi connectivity index (χ2v) is 8.73. The molecular formula is C22H20BrNO4S2. The number of thiocarbonyl (C=S) groups is 1. The molecule has 0 unspecified atom stereocenters. The van der Waals surface area contributed by atoms with E-state index in [4.69, 9.17) is 26.4 Å². The van der Waals surface area contributed by atoms with E-state index >= 15 is 0 Å².